The van der Waals surface area contributed by atoms with Crippen molar-refractivity contribution in [2.45, 2.75) is 26.1 Å². The smallest absolute Gasteiger partial charge is 0.322 e. The molecule has 0 heterocycles. The molecule has 0 aromatic rings. The predicted molar refractivity (Wildman–Crippen MR) is 44.1 cm³/mol. The van der Waals surface area contributed by atoms with Crippen molar-refractivity contribution in [3.05, 3.63) is 0 Å². The number of aliphatic hydroxyl groups excluding tert-OH is 1. The lowest BCUT2D eigenvalue weighted by atomic mass is 10.3. The summed E-state index contributed by atoms with van der Waals surface area (Å²) < 4.78 is 4.67. The van der Waals surface area contributed by atoms with Gasteiger partial charge in [0.15, 0.2) is 6.23 Å². The van der Waals surface area contributed by atoms with Gasteiger partial charge >= 0.3 is 5.97 Å². The quantitative estimate of drug-likeness (QED) is 0.339. The van der Waals surface area contributed by atoms with Crippen LogP contribution in [0.1, 0.15) is 13.8 Å². The SMILES string of the molecule is C#CC(O)NC(C)C(=O)OCC. The number of terminal acetylenes is 1. The molecule has 4 heteroatoms. The molecule has 0 radical (unpaired) electrons. The topological polar surface area (TPSA) is 58.6 Å². The van der Waals surface area contributed by atoms with E-state index in [1.807, 2.05) is 5.92 Å². The Balaban J connectivity index is 3.80. The Morgan fingerprint density at radius 3 is 2.83 bits per heavy atom. The predicted octanol–water partition coefficient (Wildman–Crippen LogP) is -0.521. The Bertz CT molecular complexity index is 185. The maximum absolute atomic E-state index is 10.9. The molecule has 0 fully saturated rings. The Labute approximate surface area is 71.9 Å². The molecule has 0 spiro atoms. The zero-order valence-corrected chi connectivity index (χ0v) is 7.20. The van der Waals surface area contributed by atoms with Gasteiger partial charge in [0.25, 0.3) is 0 Å². The Morgan fingerprint density at radius 2 is 2.42 bits per heavy atom. The number of nitrogens with one attached hydrogen (secondary N) is 1. The normalized spacial score (nSPS) is 14.5. The van der Waals surface area contributed by atoms with Gasteiger partial charge in [-0.15, -0.1) is 6.42 Å². The molecule has 0 saturated heterocycles. The van der Waals surface area contributed by atoms with Crippen LogP contribution in [0.2, 0.25) is 0 Å². The molecule has 0 bridgehead atoms. The highest BCUT2D eigenvalue weighted by molar-refractivity contribution is 5.75. The van der Waals surface area contributed by atoms with Gasteiger partial charge in [-0.25, -0.2) is 0 Å². The van der Waals surface area contributed by atoms with E-state index in [0.717, 1.165) is 0 Å². The van der Waals surface area contributed by atoms with Crippen molar-refractivity contribution in [1.29, 1.82) is 0 Å². The third-order valence-corrected chi connectivity index (χ3v) is 1.21. The zero-order chi connectivity index (χ0) is 9.56. The highest BCUT2D eigenvalue weighted by atomic mass is 16.5. The van der Waals surface area contributed by atoms with Crippen LogP contribution in [-0.2, 0) is 9.53 Å². The van der Waals surface area contributed by atoms with Gasteiger partial charge in [0, 0.05) is 0 Å². The first kappa shape index (κ1) is 11.0. The summed E-state index contributed by atoms with van der Waals surface area (Å²) in [5.41, 5.74) is 0. The molecule has 0 aliphatic heterocycles. The summed E-state index contributed by atoms with van der Waals surface area (Å²) in [7, 11) is 0. The number of rotatable bonds is 4. The summed E-state index contributed by atoms with van der Waals surface area (Å²) in [6.07, 6.45) is 3.77. The van der Waals surface area contributed by atoms with E-state index < -0.39 is 18.2 Å². The van der Waals surface area contributed by atoms with Gasteiger partial charge < -0.3 is 9.84 Å². The monoisotopic (exact) mass is 171 g/mol. The van der Waals surface area contributed by atoms with Gasteiger partial charge in [0.2, 0.25) is 0 Å². The molecule has 0 aliphatic carbocycles. The molecule has 2 unspecified atom stereocenters. The largest absolute Gasteiger partial charge is 0.465 e. The van der Waals surface area contributed by atoms with E-state index >= 15 is 0 Å². The molecular weight excluding hydrogens is 158 g/mol. The van der Waals surface area contributed by atoms with Gasteiger partial charge in [0.1, 0.15) is 6.04 Å². The van der Waals surface area contributed by atoms with E-state index in [1.165, 1.54) is 0 Å². The van der Waals surface area contributed by atoms with E-state index in [2.05, 4.69) is 10.1 Å². The minimum Gasteiger partial charge on any atom is -0.465 e. The van der Waals surface area contributed by atoms with Crippen molar-refractivity contribution in [2.75, 3.05) is 6.61 Å². The molecule has 12 heavy (non-hydrogen) atoms. The van der Waals surface area contributed by atoms with Crippen molar-refractivity contribution in [2.24, 2.45) is 0 Å². The maximum atomic E-state index is 10.9. The highest BCUT2D eigenvalue weighted by Crippen LogP contribution is 1.88. The van der Waals surface area contributed by atoms with Crippen LogP contribution in [0.3, 0.4) is 0 Å². The van der Waals surface area contributed by atoms with Crippen LogP contribution in [0.4, 0.5) is 0 Å². The van der Waals surface area contributed by atoms with Crippen molar-refractivity contribution in [1.82, 2.24) is 5.32 Å². The average molecular weight is 171 g/mol. The molecule has 0 aromatic heterocycles. The summed E-state index contributed by atoms with van der Waals surface area (Å²) in [6.45, 7) is 3.60. The van der Waals surface area contributed by atoms with Crippen molar-refractivity contribution in [3.63, 3.8) is 0 Å². The van der Waals surface area contributed by atoms with E-state index in [4.69, 9.17) is 11.5 Å². The van der Waals surface area contributed by atoms with Crippen LogP contribution in [0.15, 0.2) is 0 Å². The first-order chi connectivity index (χ1) is 5.61. The second-order valence-electron chi connectivity index (χ2n) is 2.21. The van der Waals surface area contributed by atoms with Gasteiger partial charge in [-0.3, -0.25) is 10.1 Å². The molecule has 2 N–H and O–H groups in total. The minimum atomic E-state index is -1.11. The van der Waals surface area contributed by atoms with Crippen LogP contribution in [0.5, 0.6) is 0 Å². The average Bonchev–Trinajstić information content (AvgIpc) is 2.04. The molecule has 0 amide bonds. The zero-order valence-electron chi connectivity index (χ0n) is 7.20. The lowest BCUT2D eigenvalue weighted by Crippen LogP contribution is -2.41. The van der Waals surface area contributed by atoms with E-state index in [0.29, 0.717) is 6.61 Å². The summed E-state index contributed by atoms with van der Waals surface area (Å²) in [5, 5.41) is 11.3. The fraction of sp³-hybridized carbons (Fsp3) is 0.625. The summed E-state index contributed by atoms with van der Waals surface area (Å²) in [5.74, 6) is 1.61. The fourth-order valence-corrected chi connectivity index (χ4v) is 0.620. The van der Waals surface area contributed by atoms with Crippen molar-refractivity contribution >= 4 is 5.97 Å². The van der Waals surface area contributed by atoms with E-state index in [9.17, 15) is 4.79 Å². The van der Waals surface area contributed by atoms with Crippen LogP contribution in [-0.4, -0.2) is 30.0 Å². The molecule has 4 nitrogen and oxygen atoms in total. The second-order valence-corrected chi connectivity index (χ2v) is 2.21. The van der Waals surface area contributed by atoms with Gasteiger partial charge in [-0.2, -0.15) is 0 Å². The number of aliphatic hydroxyl groups is 1. The molecule has 0 rings (SSSR count). The number of carbonyl (C=O) groups is 1. The van der Waals surface area contributed by atoms with E-state index in [-0.39, 0.29) is 0 Å². The van der Waals surface area contributed by atoms with Crippen molar-refractivity contribution < 1.29 is 14.6 Å². The van der Waals surface area contributed by atoms with Crippen LogP contribution in [0, 0.1) is 12.3 Å². The van der Waals surface area contributed by atoms with Gasteiger partial charge in [0.05, 0.1) is 6.61 Å². The van der Waals surface area contributed by atoms with Gasteiger partial charge in [-0.05, 0) is 13.8 Å². The number of carbonyl (C=O) groups excluding carboxylic acids is 1. The third kappa shape index (κ3) is 3.96. The first-order valence-corrected chi connectivity index (χ1v) is 3.68. The van der Waals surface area contributed by atoms with Gasteiger partial charge in [-0.1, -0.05) is 5.92 Å². The first-order valence-electron chi connectivity index (χ1n) is 3.68. The Hall–Kier alpha value is -1.05. The highest BCUT2D eigenvalue weighted by Gasteiger charge is 2.15. The third-order valence-electron chi connectivity index (χ3n) is 1.21. The molecular formula is C8H13NO3. The number of esters is 1. The Morgan fingerprint density at radius 1 is 1.83 bits per heavy atom. The molecule has 0 saturated carbocycles. The summed E-state index contributed by atoms with van der Waals surface area (Å²) >= 11 is 0. The minimum absolute atomic E-state index is 0.316. The molecule has 0 aliphatic rings. The molecule has 68 valence electrons. The van der Waals surface area contributed by atoms with Crippen LogP contribution >= 0.6 is 0 Å². The lowest BCUT2D eigenvalue weighted by molar-refractivity contribution is -0.145. The van der Waals surface area contributed by atoms with E-state index in [1.54, 1.807) is 13.8 Å². The molecule has 2 atom stereocenters. The summed E-state index contributed by atoms with van der Waals surface area (Å²) in [6, 6.07) is -0.587. The summed E-state index contributed by atoms with van der Waals surface area (Å²) in [4.78, 5) is 10.9. The second kappa shape index (κ2) is 5.58. The molecule has 0 aromatic carbocycles. The Kier molecular flexibility index (Phi) is 5.09. The van der Waals surface area contributed by atoms with Crippen LogP contribution < -0.4 is 5.32 Å². The standard InChI is InChI=1S/C8H13NO3/c1-4-7(10)9-6(3)8(11)12-5-2/h1,6-7,9-10H,5H2,2-3H3. The number of ether oxygens (including phenoxy) is 1. The fourth-order valence-electron chi connectivity index (χ4n) is 0.620. The maximum Gasteiger partial charge on any atom is 0.322 e. The van der Waals surface area contributed by atoms with Crippen LogP contribution in [0.25, 0.3) is 0 Å². The lowest BCUT2D eigenvalue weighted by Gasteiger charge is -2.13. The number of hydrogen-bond acceptors (Lipinski definition) is 4. The number of hydrogen-bond donors (Lipinski definition) is 2. The van der Waals surface area contributed by atoms with Crippen molar-refractivity contribution in [3.8, 4) is 12.3 Å².